The lowest BCUT2D eigenvalue weighted by Crippen LogP contribution is -2.34. The highest BCUT2D eigenvalue weighted by molar-refractivity contribution is 6.05. The molecule has 0 atom stereocenters. The molecule has 0 fully saturated rings. The Bertz CT molecular complexity index is 996. The van der Waals surface area contributed by atoms with Crippen molar-refractivity contribution in [2.75, 3.05) is 13.2 Å². The van der Waals surface area contributed by atoms with Gasteiger partial charge in [0.05, 0.1) is 12.1 Å². The molecule has 3 rings (SSSR count). The van der Waals surface area contributed by atoms with Gasteiger partial charge in [0.25, 0.3) is 0 Å². The fourth-order valence-corrected chi connectivity index (χ4v) is 2.62. The number of carbonyl (C=O) groups is 2. The van der Waals surface area contributed by atoms with E-state index >= 15 is 0 Å². The quantitative estimate of drug-likeness (QED) is 0.387. The minimum atomic E-state index is -0.556. The van der Waals surface area contributed by atoms with Gasteiger partial charge >= 0.3 is 6.09 Å². The smallest absolute Gasteiger partial charge is 0.407 e. The summed E-state index contributed by atoms with van der Waals surface area (Å²) in [5.74, 6) is 0.514. The molecule has 0 spiro atoms. The number of hydrogen-bond donors (Lipinski definition) is 1. The first kappa shape index (κ1) is 22.1. The Kier molecular flexibility index (Phi) is 7.47. The predicted octanol–water partition coefficient (Wildman–Crippen LogP) is 4.53. The van der Waals surface area contributed by atoms with Gasteiger partial charge in [-0.05, 0) is 32.9 Å². The molecule has 0 aliphatic rings. The molecule has 0 aliphatic heterocycles. The third-order valence-corrected chi connectivity index (χ3v) is 3.68. The van der Waals surface area contributed by atoms with Crippen LogP contribution in [-0.4, -0.2) is 41.1 Å². The van der Waals surface area contributed by atoms with E-state index in [-0.39, 0.29) is 18.8 Å². The maximum atomic E-state index is 11.7. The summed E-state index contributed by atoms with van der Waals surface area (Å²) in [6, 6.07) is 9.17. The third-order valence-electron chi connectivity index (χ3n) is 3.68. The Morgan fingerprint density at radius 1 is 1.17 bits per heavy atom. The number of carbonyl (C=O) groups excluding carboxylic acids is 2. The van der Waals surface area contributed by atoms with Gasteiger partial charge in [-0.1, -0.05) is 26.0 Å². The summed E-state index contributed by atoms with van der Waals surface area (Å²) in [5, 5.41) is 4.31. The van der Waals surface area contributed by atoms with E-state index in [9.17, 15) is 9.59 Å². The summed E-state index contributed by atoms with van der Waals surface area (Å²) < 4.78 is 11.0. The number of amides is 1. The average Bonchev–Trinajstić information content (AvgIpc) is 2.70. The van der Waals surface area contributed by atoms with Crippen LogP contribution < -0.4 is 10.1 Å². The van der Waals surface area contributed by atoms with E-state index in [4.69, 9.17) is 9.47 Å². The molecule has 2 heterocycles. The van der Waals surface area contributed by atoms with Crippen LogP contribution in [0.5, 0.6) is 5.75 Å². The summed E-state index contributed by atoms with van der Waals surface area (Å²) in [6.45, 7) is 9.88. The van der Waals surface area contributed by atoms with Crippen molar-refractivity contribution in [1.82, 2.24) is 15.3 Å². The summed E-state index contributed by atoms with van der Waals surface area (Å²) in [7, 11) is 0. The van der Waals surface area contributed by atoms with Crippen LogP contribution in [0.25, 0.3) is 21.8 Å². The van der Waals surface area contributed by atoms with E-state index in [0.29, 0.717) is 23.1 Å². The van der Waals surface area contributed by atoms with E-state index in [1.807, 2.05) is 38.1 Å². The molecule has 0 saturated heterocycles. The Morgan fingerprint density at radius 3 is 2.62 bits per heavy atom. The number of fused-ring (bicyclic) bond motifs is 3. The number of benzene rings is 1. The molecule has 1 amide bonds. The second kappa shape index (κ2) is 9.82. The van der Waals surface area contributed by atoms with Crippen LogP contribution in [0.3, 0.4) is 0 Å². The van der Waals surface area contributed by atoms with Gasteiger partial charge < -0.3 is 14.8 Å². The summed E-state index contributed by atoms with van der Waals surface area (Å²) in [5.41, 5.74) is 1.01. The van der Waals surface area contributed by atoms with Crippen LogP contribution in [-0.2, 0) is 4.74 Å². The summed E-state index contributed by atoms with van der Waals surface area (Å²) in [6.07, 6.45) is 1.85. The van der Waals surface area contributed by atoms with Crippen LogP contribution >= 0.6 is 0 Å². The van der Waals surface area contributed by atoms with Crippen molar-refractivity contribution in [2.45, 2.75) is 40.2 Å². The largest absolute Gasteiger partial charge is 0.491 e. The Balaban J connectivity index is 0.00000145. The monoisotopic (exact) mass is 397 g/mol. The average molecular weight is 397 g/mol. The topological polar surface area (TPSA) is 90.4 Å². The second-order valence-electron chi connectivity index (χ2n) is 6.98. The molecule has 2 aromatic heterocycles. The van der Waals surface area contributed by atoms with Crippen molar-refractivity contribution >= 4 is 34.2 Å². The summed E-state index contributed by atoms with van der Waals surface area (Å²) in [4.78, 5) is 31.7. The molecular formula is C22H27N3O4. The van der Waals surface area contributed by atoms with Gasteiger partial charge in [-0.3, -0.25) is 9.78 Å². The predicted molar refractivity (Wildman–Crippen MR) is 114 cm³/mol. The van der Waals surface area contributed by atoms with Gasteiger partial charge in [0.1, 0.15) is 29.2 Å². The molecule has 1 aromatic carbocycles. The van der Waals surface area contributed by atoms with Crippen LogP contribution in [0, 0.1) is 0 Å². The normalized spacial score (nSPS) is 10.8. The van der Waals surface area contributed by atoms with E-state index in [1.54, 1.807) is 33.0 Å². The molecule has 154 valence electrons. The van der Waals surface area contributed by atoms with Crippen molar-refractivity contribution in [3.05, 3.63) is 42.2 Å². The molecule has 1 N–H and O–H groups in total. The van der Waals surface area contributed by atoms with Gasteiger partial charge in [0.15, 0.2) is 6.29 Å². The van der Waals surface area contributed by atoms with E-state index in [1.165, 1.54) is 0 Å². The number of nitrogens with one attached hydrogen (secondary N) is 1. The molecule has 0 unspecified atom stereocenters. The highest BCUT2D eigenvalue weighted by Gasteiger charge is 2.16. The molecule has 0 aliphatic carbocycles. The SMILES string of the molecule is CC.CC(C)(C)OC(=O)NCCOc1cc(C=O)nc2c1ccc1cccnc12. The van der Waals surface area contributed by atoms with E-state index < -0.39 is 11.7 Å². The van der Waals surface area contributed by atoms with Crippen molar-refractivity contribution in [1.29, 1.82) is 0 Å². The molecule has 7 nitrogen and oxygen atoms in total. The summed E-state index contributed by atoms with van der Waals surface area (Å²) >= 11 is 0. The highest BCUT2D eigenvalue weighted by Crippen LogP contribution is 2.29. The minimum Gasteiger partial charge on any atom is -0.491 e. The molecule has 0 radical (unpaired) electrons. The third kappa shape index (κ3) is 5.88. The van der Waals surface area contributed by atoms with Crippen molar-refractivity contribution in [2.24, 2.45) is 0 Å². The van der Waals surface area contributed by atoms with Crippen LogP contribution in [0.15, 0.2) is 36.5 Å². The fraction of sp³-hybridized carbons (Fsp3) is 0.364. The van der Waals surface area contributed by atoms with E-state index in [0.717, 1.165) is 10.8 Å². The number of aromatic nitrogens is 2. The number of pyridine rings is 2. The van der Waals surface area contributed by atoms with Gasteiger partial charge in [-0.15, -0.1) is 0 Å². The molecule has 7 heteroatoms. The molecule has 0 saturated carbocycles. The number of aldehydes is 1. The zero-order valence-corrected chi connectivity index (χ0v) is 17.5. The van der Waals surface area contributed by atoms with Crippen molar-refractivity contribution in [3.63, 3.8) is 0 Å². The van der Waals surface area contributed by atoms with Crippen molar-refractivity contribution in [3.8, 4) is 5.75 Å². The molecule has 3 aromatic rings. The highest BCUT2D eigenvalue weighted by atomic mass is 16.6. The second-order valence-corrected chi connectivity index (χ2v) is 6.98. The number of ether oxygens (including phenoxy) is 2. The van der Waals surface area contributed by atoms with Gasteiger partial charge in [0.2, 0.25) is 0 Å². The van der Waals surface area contributed by atoms with Gasteiger partial charge in [-0.2, -0.15) is 0 Å². The van der Waals surface area contributed by atoms with Gasteiger partial charge in [-0.25, -0.2) is 9.78 Å². The Labute approximate surface area is 170 Å². The lowest BCUT2D eigenvalue weighted by atomic mass is 10.1. The lowest BCUT2D eigenvalue weighted by Gasteiger charge is -2.19. The minimum absolute atomic E-state index is 0.219. The Morgan fingerprint density at radius 2 is 1.93 bits per heavy atom. The van der Waals surface area contributed by atoms with Crippen LogP contribution in [0.2, 0.25) is 0 Å². The van der Waals surface area contributed by atoms with Gasteiger partial charge in [0, 0.05) is 23.0 Å². The van der Waals surface area contributed by atoms with Crippen LogP contribution in [0.1, 0.15) is 45.1 Å². The van der Waals surface area contributed by atoms with Crippen molar-refractivity contribution < 1.29 is 19.1 Å². The first-order valence-corrected chi connectivity index (χ1v) is 9.61. The molecule has 29 heavy (non-hydrogen) atoms. The zero-order valence-electron chi connectivity index (χ0n) is 17.5. The standard InChI is InChI=1S/C20H21N3O4.C2H6/c1-20(2,3)27-19(25)22-9-10-26-16-11-14(12-24)23-18-15(16)7-6-13-5-4-8-21-17(13)18;1-2/h4-8,11-12H,9-10H2,1-3H3,(H,22,25);1-2H3. The lowest BCUT2D eigenvalue weighted by molar-refractivity contribution is 0.0520. The maximum Gasteiger partial charge on any atom is 0.407 e. The van der Waals surface area contributed by atoms with E-state index in [2.05, 4.69) is 15.3 Å². The Hall–Kier alpha value is -3.22. The number of nitrogens with zero attached hydrogens (tertiary/aromatic N) is 2. The fourth-order valence-electron chi connectivity index (χ4n) is 2.62. The first-order valence-electron chi connectivity index (χ1n) is 9.61. The van der Waals surface area contributed by atoms with Crippen LogP contribution in [0.4, 0.5) is 4.79 Å². The molecule has 0 bridgehead atoms. The number of alkyl carbamates (subject to hydrolysis) is 1. The number of rotatable bonds is 5. The number of hydrogen-bond acceptors (Lipinski definition) is 6. The zero-order chi connectivity index (χ0) is 21.4. The first-order chi connectivity index (χ1) is 13.9. The maximum absolute atomic E-state index is 11.7. The molecular weight excluding hydrogens is 370 g/mol.